The molecule has 1 aromatic rings. The van der Waals surface area contributed by atoms with Gasteiger partial charge in [0.05, 0.1) is 5.56 Å². The molecule has 1 fully saturated rings. The molecule has 0 aromatic heterocycles. The molecule has 0 amide bonds. The van der Waals surface area contributed by atoms with Gasteiger partial charge < -0.3 is 5.73 Å². The number of alkyl halides is 3. The average molecular weight is 275 g/mol. The molecule has 5 heteroatoms. The van der Waals surface area contributed by atoms with Crippen LogP contribution in [-0.2, 0) is 6.18 Å². The third-order valence-electron chi connectivity index (χ3n) is 3.85. The van der Waals surface area contributed by atoms with Crippen molar-refractivity contribution in [2.24, 2.45) is 11.7 Å². The van der Waals surface area contributed by atoms with Crippen molar-refractivity contribution >= 4 is 0 Å². The molecular formula is C14H17F4N. The summed E-state index contributed by atoms with van der Waals surface area (Å²) >= 11 is 0. The van der Waals surface area contributed by atoms with E-state index in [9.17, 15) is 17.6 Å². The van der Waals surface area contributed by atoms with Crippen molar-refractivity contribution in [1.82, 2.24) is 0 Å². The summed E-state index contributed by atoms with van der Waals surface area (Å²) in [5.41, 5.74) is 4.66. The van der Waals surface area contributed by atoms with Gasteiger partial charge >= 0.3 is 6.18 Å². The van der Waals surface area contributed by atoms with Crippen LogP contribution in [0.2, 0.25) is 0 Å². The van der Waals surface area contributed by atoms with E-state index in [4.69, 9.17) is 5.73 Å². The maximum Gasteiger partial charge on any atom is 0.419 e. The highest BCUT2D eigenvalue weighted by molar-refractivity contribution is 5.34. The lowest BCUT2D eigenvalue weighted by Gasteiger charge is -2.29. The van der Waals surface area contributed by atoms with E-state index in [0.29, 0.717) is 0 Å². The monoisotopic (exact) mass is 275 g/mol. The molecule has 0 heterocycles. The van der Waals surface area contributed by atoms with Crippen LogP contribution >= 0.6 is 0 Å². The molecule has 1 atom stereocenters. The zero-order valence-electron chi connectivity index (χ0n) is 10.5. The van der Waals surface area contributed by atoms with Crippen molar-refractivity contribution < 1.29 is 17.6 Å². The van der Waals surface area contributed by atoms with E-state index in [2.05, 4.69) is 0 Å². The Morgan fingerprint density at radius 2 is 1.74 bits per heavy atom. The molecule has 0 bridgehead atoms. The molecule has 1 aliphatic carbocycles. The Bertz CT molecular complexity index is 436. The number of benzene rings is 1. The third-order valence-corrected chi connectivity index (χ3v) is 3.85. The normalized spacial score (nSPS) is 19.4. The van der Waals surface area contributed by atoms with Crippen LogP contribution in [0.1, 0.15) is 49.3 Å². The van der Waals surface area contributed by atoms with E-state index in [1.165, 1.54) is 12.1 Å². The second kappa shape index (κ2) is 5.49. The summed E-state index contributed by atoms with van der Waals surface area (Å²) < 4.78 is 52.3. The summed E-state index contributed by atoms with van der Waals surface area (Å²) in [5.74, 6) is -1.23. The van der Waals surface area contributed by atoms with Gasteiger partial charge in [0.15, 0.2) is 0 Å². The molecule has 0 radical (unpaired) electrons. The van der Waals surface area contributed by atoms with Gasteiger partial charge in [0.2, 0.25) is 0 Å². The summed E-state index contributed by atoms with van der Waals surface area (Å²) in [6.45, 7) is 0. The van der Waals surface area contributed by atoms with Crippen molar-refractivity contribution in [2.45, 2.75) is 44.3 Å². The van der Waals surface area contributed by atoms with Gasteiger partial charge in [-0.05, 0) is 30.4 Å². The van der Waals surface area contributed by atoms with Gasteiger partial charge in [-0.1, -0.05) is 31.4 Å². The van der Waals surface area contributed by atoms with Gasteiger partial charge in [-0.2, -0.15) is 13.2 Å². The van der Waals surface area contributed by atoms with Crippen molar-refractivity contribution in [3.63, 3.8) is 0 Å². The molecule has 0 aliphatic heterocycles. The summed E-state index contributed by atoms with van der Waals surface area (Å²) in [5, 5.41) is 0. The standard InChI is InChI=1S/C14H17F4N/c15-11-8-4-7-10(12(11)14(16,17)18)13(19)9-5-2-1-3-6-9/h4,7-9,13H,1-3,5-6,19H2/t13-/m0/s1. The van der Waals surface area contributed by atoms with Gasteiger partial charge in [0.25, 0.3) is 0 Å². The average Bonchev–Trinajstić information content (AvgIpc) is 2.37. The Hall–Kier alpha value is -1.10. The fourth-order valence-electron chi connectivity index (χ4n) is 2.86. The Morgan fingerprint density at radius 1 is 1.11 bits per heavy atom. The number of nitrogens with two attached hydrogens (primary N) is 1. The second-order valence-electron chi connectivity index (χ2n) is 5.13. The van der Waals surface area contributed by atoms with Crippen molar-refractivity contribution in [1.29, 1.82) is 0 Å². The first kappa shape index (κ1) is 14.3. The SMILES string of the molecule is N[C@H](c1cccc(F)c1C(F)(F)F)C1CCCCC1. The summed E-state index contributed by atoms with van der Waals surface area (Å²) in [6, 6.07) is 2.68. The molecule has 106 valence electrons. The highest BCUT2D eigenvalue weighted by Gasteiger charge is 2.39. The Labute approximate surface area is 109 Å². The minimum Gasteiger partial charge on any atom is -0.324 e. The lowest BCUT2D eigenvalue weighted by atomic mass is 9.80. The van der Waals surface area contributed by atoms with Crippen LogP contribution in [-0.4, -0.2) is 0 Å². The number of halogens is 4. The lowest BCUT2D eigenvalue weighted by Crippen LogP contribution is -2.27. The molecule has 2 N–H and O–H groups in total. The molecule has 1 saturated carbocycles. The number of hydrogen-bond acceptors (Lipinski definition) is 1. The smallest absolute Gasteiger partial charge is 0.324 e. The molecule has 1 aromatic carbocycles. The van der Waals surface area contributed by atoms with Gasteiger partial charge in [0, 0.05) is 6.04 Å². The van der Waals surface area contributed by atoms with Gasteiger partial charge in [0.1, 0.15) is 5.82 Å². The maximum absolute atomic E-state index is 13.5. The minimum absolute atomic E-state index is 0.0108. The van der Waals surface area contributed by atoms with Crippen LogP contribution < -0.4 is 5.73 Å². The fraction of sp³-hybridized carbons (Fsp3) is 0.571. The molecule has 19 heavy (non-hydrogen) atoms. The van der Waals surface area contributed by atoms with Crippen LogP contribution in [0.15, 0.2) is 18.2 Å². The van der Waals surface area contributed by atoms with Crippen LogP contribution in [0, 0.1) is 11.7 Å². The molecule has 0 unspecified atom stereocenters. The van der Waals surface area contributed by atoms with Gasteiger partial charge in [-0.3, -0.25) is 0 Å². The highest BCUT2D eigenvalue weighted by Crippen LogP contribution is 2.40. The lowest BCUT2D eigenvalue weighted by molar-refractivity contribution is -0.141. The number of rotatable bonds is 2. The fourth-order valence-corrected chi connectivity index (χ4v) is 2.86. The molecule has 0 spiro atoms. The summed E-state index contributed by atoms with van der Waals surface area (Å²) in [4.78, 5) is 0. The van der Waals surface area contributed by atoms with E-state index in [1.807, 2.05) is 0 Å². The maximum atomic E-state index is 13.5. The van der Waals surface area contributed by atoms with Gasteiger partial charge in [-0.15, -0.1) is 0 Å². The predicted octanol–water partition coefficient (Wildman–Crippen LogP) is 4.42. The molecule has 2 rings (SSSR count). The number of hydrogen-bond donors (Lipinski definition) is 1. The Balaban J connectivity index is 2.35. The zero-order chi connectivity index (χ0) is 14.0. The third kappa shape index (κ3) is 3.08. The minimum atomic E-state index is -4.70. The largest absolute Gasteiger partial charge is 0.419 e. The zero-order valence-corrected chi connectivity index (χ0v) is 10.5. The van der Waals surface area contributed by atoms with E-state index in [-0.39, 0.29) is 11.5 Å². The molecule has 1 nitrogen and oxygen atoms in total. The highest BCUT2D eigenvalue weighted by atomic mass is 19.4. The molecule has 1 aliphatic rings. The Kier molecular flexibility index (Phi) is 4.13. The molecular weight excluding hydrogens is 258 g/mol. The van der Waals surface area contributed by atoms with E-state index in [0.717, 1.165) is 38.2 Å². The van der Waals surface area contributed by atoms with Crippen molar-refractivity contribution in [2.75, 3.05) is 0 Å². The first-order valence-electron chi connectivity index (χ1n) is 6.52. The molecule has 0 saturated heterocycles. The van der Waals surface area contributed by atoms with E-state index in [1.54, 1.807) is 0 Å². The van der Waals surface area contributed by atoms with Gasteiger partial charge in [-0.25, -0.2) is 4.39 Å². The second-order valence-corrected chi connectivity index (χ2v) is 5.13. The summed E-state index contributed by atoms with van der Waals surface area (Å²) in [7, 11) is 0. The van der Waals surface area contributed by atoms with Crippen LogP contribution in [0.5, 0.6) is 0 Å². The van der Waals surface area contributed by atoms with Crippen LogP contribution in [0.3, 0.4) is 0 Å². The topological polar surface area (TPSA) is 26.0 Å². The van der Waals surface area contributed by atoms with E-state index >= 15 is 0 Å². The predicted molar refractivity (Wildman–Crippen MR) is 64.9 cm³/mol. The van der Waals surface area contributed by atoms with Crippen molar-refractivity contribution in [3.8, 4) is 0 Å². The van der Waals surface area contributed by atoms with E-state index < -0.39 is 23.6 Å². The quantitative estimate of drug-likeness (QED) is 0.794. The van der Waals surface area contributed by atoms with Crippen LogP contribution in [0.4, 0.5) is 17.6 Å². The van der Waals surface area contributed by atoms with Crippen LogP contribution in [0.25, 0.3) is 0 Å². The first-order chi connectivity index (χ1) is 8.91. The first-order valence-corrected chi connectivity index (χ1v) is 6.52. The Morgan fingerprint density at radius 3 is 2.32 bits per heavy atom. The van der Waals surface area contributed by atoms with Crippen molar-refractivity contribution in [3.05, 3.63) is 35.1 Å². The summed E-state index contributed by atoms with van der Waals surface area (Å²) in [6.07, 6.45) is -0.0144.